The molecule has 0 bridgehead atoms. The van der Waals surface area contributed by atoms with Gasteiger partial charge in [-0.2, -0.15) is 4.31 Å². The van der Waals surface area contributed by atoms with Crippen molar-refractivity contribution in [2.24, 2.45) is 5.92 Å². The van der Waals surface area contributed by atoms with Crippen LogP contribution in [0.2, 0.25) is 0 Å². The standard InChI is InChI=1S/C20H28FN3O4S/c1-2-29(27,28)24-12-10-22(11-13-24)20(26)17-4-3-9-23(15-17)19(25)14-16-5-7-18(21)8-6-16/h5-8,17H,2-4,9-15H2,1H3. The van der Waals surface area contributed by atoms with E-state index in [2.05, 4.69) is 0 Å². The molecule has 0 N–H and O–H groups in total. The molecule has 29 heavy (non-hydrogen) atoms. The van der Waals surface area contributed by atoms with Gasteiger partial charge in [-0.05, 0) is 37.5 Å². The van der Waals surface area contributed by atoms with Gasteiger partial charge in [-0.1, -0.05) is 12.1 Å². The quantitative estimate of drug-likeness (QED) is 0.708. The van der Waals surface area contributed by atoms with E-state index in [4.69, 9.17) is 0 Å². The minimum atomic E-state index is -3.23. The SMILES string of the molecule is CCS(=O)(=O)N1CCN(C(=O)C2CCCN(C(=O)Cc3ccc(F)cc3)C2)CC1. The third-order valence-electron chi connectivity index (χ3n) is 5.70. The summed E-state index contributed by atoms with van der Waals surface area (Å²) in [5, 5.41) is 0. The number of sulfonamides is 1. The van der Waals surface area contributed by atoms with E-state index in [1.807, 2.05) is 0 Å². The summed E-state index contributed by atoms with van der Waals surface area (Å²) in [5.74, 6) is -0.591. The molecule has 1 aromatic rings. The smallest absolute Gasteiger partial charge is 0.227 e. The average Bonchev–Trinajstić information content (AvgIpc) is 2.75. The highest BCUT2D eigenvalue weighted by atomic mass is 32.2. The van der Waals surface area contributed by atoms with Crippen molar-refractivity contribution in [3.05, 3.63) is 35.6 Å². The van der Waals surface area contributed by atoms with E-state index >= 15 is 0 Å². The summed E-state index contributed by atoms with van der Waals surface area (Å²) < 4.78 is 38.4. The average molecular weight is 426 g/mol. The summed E-state index contributed by atoms with van der Waals surface area (Å²) >= 11 is 0. The van der Waals surface area contributed by atoms with E-state index in [9.17, 15) is 22.4 Å². The second-order valence-electron chi connectivity index (χ2n) is 7.61. The molecule has 2 amide bonds. The van der Waals surface area contributed by atoms with Crippen molar-refractivity contribution in [1.82, 2.24) is 14.1 Å². The van der Waals surface area contributed by atoms with Crippen LogP contribution in [0.25, 0.3) is 0 Å². The van der Waals surface area contributed by atoms with Gasteiger partial charge in [0, 0.05) is 39.3 Å². The molecule has 2 saturated heterocycles. The van der Waals surface area contributed by atoms with Crippen molar-refractivity contribution >= 4 is 21.8 Å². The molecule has 160 valence electrons. The molecular formula is C20H28FN3O4S. The number of likely N-dealkylation sites (tertiary alicyclic amines) is 1. The van der Waals surface area contributed by atoms with Gasteiger partial charge in [0.1, 0.15) is 5.82 Å². The number of rotatable bonds is 5. The Morgan fingerprint density at radius 1 is 1.03 bits per heavy atom. The Balaban J connectivity index is 1.54. The molecule has 1 unspecified atom stereocenters. The number of piperazine rings is 1. The number of hydrogen-bond acceptors (Lipinski definition) is 4. The van der Waals surface area contributed by atoms with E-state index < -0.39 is 10.0 Å². The number of carbonyl (C=O) groups is 2. The van der Waals surface area contributed by atoms with Crippen LogP contribution in [0.3, 0.4) is 0 Å². The van der Waals surface area contributed by atoms with Crippen molar-refractivity contribution in [3.8, 4) is 0 Å². The molecule has 0 radical (unpaired) electrons. The largest absolute Gasteiger partial charge is 0.342 e. The van der Waals surface area contributed by atoms with Crippen molar-refractivity contribution in [2.75, 3.05) is 45.0 Å². The second kappa shape index (κ2) is 9.21. The molecule has 0 spiro atoms. The van der Waals surface area contributed by atoms with Crippen LogP contribution < -0.4 is 0 Å². The topological polar surface area (TPSA) is 78.0 Å². The van der Waals surface area contributed by atoms with Crippen LogP contribution in [0.1, 0.15) is 25.3 Å². The van der Waals surface area contributed by atoms with Crippen LogP contribution in [0.4, 0.5) is 4.39 Å². The molecule has 1 aromatic carbocycles. The van der Waals surface area contributed by atoms with Crippen LogP contribution >= 0.6 is 0 Å². The Labute approximate surface area is 171 Å². The molecule has 1 atom stereocenters. The zero-order valence-electron chi connectivity index (χ0n) is 16.7. The fraction of sp³-hybridized carbons (Fsp3) is 0.600. The summed E-state index contributed by atoms with van der Waals surface area (Å²) in [7, 11) is -3.23. The van der Waals surface area contributed by atoms with E-state index in [0.29, 0.717) is 39.3 Å². The Morgan fingerprint density at radius 3 is 2.31 bits per heavy atom. The zero-order valence-corrected chi connectivity index (χ0v) is 17.5. The number of halogens is 1. The Kier molecular flexibility index (Phi) is 6.89. The zero-order chi connectivity index (χ0) is 21.0. The van der Waals surface area contributed by atoms with Crippen molar-refractivity contribution in [3.63, 3.8) is 0 Å². The van der Waals surface area contributed by atoms with Crippen molar-refractivity contribution < 1.29 is 22.4 Å². The molecule has 0 aliphatic carbocycles. The van der Waals surface area contributed by atoms with Gasteiger partial charge < -0.3 is 9.80 Å². The minimum Gasteiger partial charge on any atom is -0.342 e. The predicted molar refractivity (Wildman–Crippen MR) is 107 cm³/mol. The van der Waals surface area contributed by atoms with Crippen LogP contribution in [0.5, 0.6) is 0 Å². The lowest BCUT2D eigenvalue weighted by molar-refractivity contribution is -0.141. The molecule has 0 saturated carbocycles. The van der Waals surface area contributed by atoms with E-state index in [0.717, 1.165) is 18.4 Å². The highest BCUT2D eigenvalue weighted by Gasteiger charge is 2.34. The van der Waals surface area contributed by atoms with Gasteiger partial charge >= 0.3 is 0 Å². The molecule has 2 fully saturated rings. The molecule has 2 aliphatic heterocycles. The van der Waals surface area contributed by atoms with E-state index in [-0.39, 0.29) is 35.7 Å². The molecular weight excluding hydrogens is 397 g/mol. The summed E-state index contributed by atoms with van der Waals surface area (Å²) in [4.78, 5) is 29.0. The second-order valence-corrected chi connectivity index (χ2v) is 9.86. The molecule has 7 nitrogen and oxygen atoms in total. The number of amides is 2. The van der Waals surface area contributed by atoms with Gasteiger partial charge in [0.15, 0.2) is 0 Å². The van der Waals surface area contributed by atoms with Crippen LogP contribution in [0.15, 0.2) is 24.3 Å². The maximum Gasteiger partial charge on any atom is 0.227 e. The molecule has 2 heterocycles. The fourth-order valence-electron chi connectivity index (χ4n) is 3.92. The first kappa shape index (κ1) is 21.7. The number of piperidine rings is 1. The molecule has 2 aliphatic rings. The first-order valence-corrected chi connectivity index (χ1v) is 11.7. The first-order valence-electron chi connectivity index (χ1n) is 10.1. The highest BCUT2D eigenvalue weighted by molar-refractivity contribution is 7.89. The molecule has 3 rings (SSSR count). The Hall–Kier alpha value is -2.00. The van der Waals surface area contributed by atoms with Gasteiger partial charge in [0.05, 0.1) is 18.1 Å². The Bertz CT molecular complexity index is 836. The summed E-state index contributed by atoms with van der Waals surface area (Å²) in [6, 6.07) is 5.88. The monoisotopic (exact) mass is 425 g/mol. The van der Waals surface area contributed by atoms with Crippen LogP contribution in [-0.4, -0.2) is 79.4 Å². The van der Waals surface area contributed by atoms with Gasteiger partial charge in [-0.25, -0.2) is 12.8 Å². The minimum absolute atomic E-state index is 0.00201. The predicted octanol–water partition coefficient (Wildman–Crippen LogP) is 1.10. The number of carbonyl (C=O) groups excluding carboxylic acids is 2. The van der Waals surface area contributed by atoms with E-state index in [1.165, 1.54) is 16.4 Å². The van der Waals surface area contributed by atoms with Gasteiger partial charge in [0.25, 0.3) is 0 Å². The van der Waals surface area contributed by atoms with E-state index in [1.54, 1.807) is 28.9 Å². The maximum absolute atomic E-state index is 13.0. The number of benzene rings is 1. The summed E-state index contributed by atoms with van der Waals surface area (Å²) in [6.07, 6.45) is 1.68. The third-order valence-corrected chi connectivity index (χ3v) is 7.58. The highest BCUT2D eigenvalue weighted by Crippen LogP contribution is 2.21. The van der Waals surface area contributed by atoms with Gasteiger partial charge in [0.2, 0.25) is 21.8 Å². The fourth-order valence-corrected chi connectivity index (χ4v) is 5.01. The lowest BCUT2D eigenvalue weighted by Gasteiger charge is -2.38. The maximum atomic E-state index is 13.0. The summed E-state index contributed by atoms with van der Waals surface area (Å²) in [6.45, 7) is 4.03. The van der Waals surface area contributed by atoms with Crippen LogP contribution in [0, 0.1) is 11.7 Å². The molecule has 0 aromatic heterocycles. The van der Waals surface area contributed by atoms with Crippen molar-refractivity contribution in [2.45, 2.75) is 26.2 Å². The van der Waals surface area contributed by atoms with Gasteiger partial charge in [-0.15, -0.1) is 0 Å². The first-order chi connectivity index (χ1) is 13.8. The Morgan fingerprint density at radius 2 is 1.69 bits per heavy atom. The lowest BCUT2D eigenvalue weighted by Crippen LogP contribution is -2.54. The van der Waals surface area contributed by atoms with Crippen LogP contribution in [-0.2, 0) is 26.0 Å². The molecule has 9 heteroatoms. The van der Waals surface area contributed by atoms with Crippen molar-refractivity contribution in [1.29, 1.82) is 0 Å². The number of hydrogen-bond donors (Lipinski definition) is 0. The third kappa shape index (κ3) is 5.33. The summed E-state index contributed by atoms with van der Waals surface area (Å²) in [5.41, 5.74) is 0.748. The van der Waals surface area contributed by atoms with Gasteiger partial charge in [-0.3, -0.25) is 9.59 Å². The lowest BCUT2D eigenvalue weighted by atomic mass is 9.95. The normalized spacial score (nSPS) is 21.2. The number of nitrogens with zero attached hydrogens (tertiary/aromatic N) is 3.